The molecule has 5 rings (SSSR count). The van der Waals surface area contributed by atoms with Gasteiger partial charge in [-0.1, -0.05) is 35.3 Å². The minimum atomic E-state index is -4.98. The van der Waals surface area contributed by atoms with E-state index in [4.69, 9.17) is 23.2 Å². The summed E-state index contributed by atoms with van der Waals surface area (Å²) in [7, 11) is -3.65. The van der Waals surface area contributed by atoms with Crippen LogP contribution in [0.5, 0.6) is 0 Å². The molecule has 0 spiro atoms. The van der Waals surface area contributed by atoms with Crippen LogP contribution in [0.3, 0.4) is 0 Å². The summed E-state index contributed by atoms with van der Waals surface area (Å²) >= 11 is 12.3. The summed E-state index contributed by atoms with van der Waals surface area (Å²) in [6.07, 6.45) is -5.94. The van der Waals surface area contributed by atoms with Crippen LogP contribution in [0.2, 0.25) is 10.0 Å². The molecule has 1 aliphatic rings. The van der Waals surface area contributed by atoms with Gasteiger partial charge in [-0.2, -0.15) is 13.2 Å². The number of hydrogen-bond donors (Lipinski definition) is 2. The lowest BCUT2D eigenvalue weighted by Crippen LogP contribution is -2.37. The molecular formula is C24H22Cl2F3N7O4S. The summed E-state index contributed by atoms with van der Waals surface area (Å²) in [4.78, 5) is 17.8. The molecule has 41 heavy (non-hydrogen) atoms. The first-order valence-electron chi connectivity index (χ1n) is 12.1. The molecule has 2 N–H and O–H groups in total. The molecule has 2 aromatic heterocycles. The quantitative estimate of drug-likeness (QED) is 0.290. The van der Waals surface area contributed by atoms with Crippen LogP contribution in [0.25, 0.3) is 17.1 Å². The highest BCUT2D eigenvalue weighted by Crippen LogP contribution is 2.46. The first kappa shape index (κ1) is 29.3. The molecule has 4 aromatic rings. The molecule has 0 bridgehead atoms. The minimum Gasteiger partial charge on any atom is -0.382 e. The monoisotopic (exact) mass is 631 g/mol. The van der Waals surface area contributed by atoms with Gasteiger partial charge in [-0.05, 0) is 49.2 Å². The zero-order valence-electron chi connectivity index (χ0n) is 21.2. The number of rotatable bonds is 9. The lowest BCUT2D eigenvalue weighted by atomic mass is 10.2. The summed E-state index contributed by atoms with van der Waals surface area (Å²) in [5.41, 5.74) is -1.33. The first-order chi connectivity index (χ1) is 19.2. The van der Waals surface area contributed by atoms with Crippen molar-refractivity contribution in [2.24, 2.45) is 0 Å². The minimum absolute atomic E-state index is 0.0206. The van der Waals surface area contributed by atoms with E-state index in [0.717, 1.165) is 10.9 Å². The molecule has 1 unspecified atom stereocenters. The van der Waals surface area contributed by atoms with E-state index < -0.39 is 40.1 Å². The van der Waals surface area contributed by atoms with Gasteiger partial charge in [0.25, 0.3) is 0 Å². The standard InChI is InChI=1S/C24H22Cl2F3N7O4S/c1-41(39,40)33-23(10-11-23)21-30-19(31-36(21)17-5-3-2-4-16(17)26)13-35-22(38)34(12-18(37)24(27,28)29)20(32-35)14-6-8-15(25)9-7-14/h2-9,18,33,37H,10-13H2,1H3. The lowest BCUT2D eigenvalue weighted by molar-refractivity contribution is -0.207. The first-order valence-corrected chi connectivity index (χ1v) is 14.7. The number of benzene rings is 2. The van der Waals surface area contributed by atoms with Gasteiger partial charge in [0, 0.05) is 10.6 Å². The molecule has 2 aromatic carbocycles. The summed E-state index contributed by atoms with van der Waals surface area (Å²) < 4.78 is 69.3. The van der Waals surface area contributed by atoms with E-state index in [2.05, 4.69) is 19.9 Å². The van der Waals surface area contributed by atoms with Gasteiger partial charge >= 0.3 is 11.9 Å². The van der Waals surface area contributed by atoms with E-state index in [9.17, 15) is 31.5 Å². The van der Waals surface area contributed by atoms with Crippen LogP contribution in [-0.2, 0) is 28.7 Å². The Kier molecular flexibility index (Phi) is 7.53. The van der Waals surface area contributed by atoms with Gasteiger partial charge in [-0.3, -0.25) is 4.57 Å². The number of sulfonamides is 1. The zero-order valence-corrected chi connectivity index (χ0v) is 23.5. The molecule has 1 fully saturated rings. The summed E-state index contributed by atoms with van der Waals surface area (Å²) in [5, 5.41) is 19.1. The van der Waals surface area contributed by atoms with Gasteiger partial charge in [0.05, 0.1) is 29.0 Å². The molecule has 0 amide bonds. The topological polar surface area (TPSA) is 137 Å². The van der Waals surface area contributed by atoms with Gasteiger partial charge in [0.1, 0.15) is 6.54 Å². The van der Waals surface area contributed by atoms with Crippen molar-refractivity contribution in [3.8, 4) is 17.1 Å². The number of aromatic nitrogens is 6. The SMILES string of the molecule is CS(=O)(=O)NC1(c2nc(Cn3nc(-c4ccc(Cl)cc4)n(CC(O)C(F)(F)F)c3=O)nn2-c2ccccc2Cl)CC1. The summed E-state index contributed by atoms with van der Waals surface area (Å²) in [6, 6.07) is 12.6. The Hall–Kier alpha value is -3.24. The number of aliphatic hydroxyl groups is 1. The Morgan fingerprint density at radius 3 is 2.34 bits per heavy atom. The van der Waals surface area contributed by atoms with E-state index in [0.29, 0.717) is 33.1 Å². The number of nitrogens with zero attached hydrogens (tertiary/aromatic N) is 6. The second-order valence-corrected chi connectivity index (χ2v) is 12.2. The Bertz CT molecular complexity index is 1760. The van der Waals surface area contributed by atoms with Gasteiger partial charge in [-0.25, -0.2) is 32.3 Å². The van der Waals surface area contributed by atoms with Gasteiger partial charge in [0.15, 0.2) is 23.6 Å². The number of para-hydroxylation sites is 1. The van der Waals surface area contributed by atoms with Crippen molar-refractivity contribution in [2.75, 3.05) is 6.26 Å². The Labute approximate surface area is 241 Å². The molecule has 1 saturated carbocycles. The predicted molar refractivity (Wildman–Crippen MR) is 143 cm³/mol. The molecule has 0 radical (unpaired) electrons. The third kappa shape index (κ3) is 6.18. The van der Waals surface area contributed by atoms with Gasteiger partial charge in [-0.15, -0.1) is 10.2 Å². The fraction of sp³-hybridized carbons (Fsp3) is 0.333. The van der Waals surface area contributed by atoms with Crippen molar-refractivity contribution in [1.82, 2.24) is 33.8 Å². The van der Waals surface area contributed by atoms with Crippen molar-refractivity contribution < 1.29 is 26.7 Å². The molecule has 17 heteroatoms. The Balaban J connectivity index is 1.60. The fourth-order valence-electron chi connectivity index (χ4n) is 4.31. The van der Waals surface area contributed by atoms with Crippen molar-refractivity contribution in [1.29, 1.82) is 0 Å². The number of nitrogens with one attached hydrogen (secondary N) is 1. The number of alkyl halides is 3. The largest absolute Gasteiger partial charge is 0.416 e. The second kappa shape index (κ2) is 10.5. The zero-order chi connectivity index (χ0) is 29.7. The highest BCUT2D eigenvalue weighted by Gasteiger charge is 2.51. The van der Waals surface area contributed by atoms with Crippen LogP contribution in [0, 0.1) is 0 Å². The second-order valence-electron chi connectivity index (χ2n) is 9.61. The van der Waals surface area contributed by atoms with Crippen LogP contribution < -0.4 is 10.4 Å². The number of hydrogen-bond acceptors (Lipinski definition) is 7. The smallest absolute Gasteiger partial charge is 0.382 e. The van der Waals surface area contributed by atoms with E-state index >= 15 is 0 Å². The Morgan fingerprint density at radius 2 is 1.76 bits per heavy atom. The van der Waals surface area contributed by atoms with Crippen molar-refractivity contribution >= 4 is 33.2 Å². The number of halogens is 5. The van der Waals surface area contributed by atoms with Crippen LogP contribution in [0.4, 0.5) is 13.2 Å². The summed E-state index contributed by atoms with van der Waals surface area (Å²) in [5.74, 6) is 0.106. The molecule has 0 saturated heterocycles. The van der Waals surface area contributed by atoms with E-state index in [1.165, 1.54) is 28.9 Å². The molecule has 1 atom stereocenters. The maximum Gasteiger partial charge on any atom is 0.416 e. The third-order valence-electron chi connectivity index (χ3n) is 6.34. The maximum atomic E-state index is 13.3. The van der Waals surface area contributed by atoms with Gasteiger partial charge in [0.2, 0.25) is 10.0 Å². The molecular weight excluding hydrogens is 610 g/mol. The molecule has 11 nitrogen and oxygen atoms in total. The van der Waals surface area contributed by atoms with E-state index in [1.54, 1.807) is 24.3 Å². The maximum absolute atomic E-state index is 13.3. The van der Waals surface area contributed by atoms with Crippen molar-refractivity contribution in [2.45, 2.75) is 43.8 Å². The third-order valence-corrected chi connectivity index (χ3v) is 7.67. The van der Waals surface area contributed by atoms with Crippen molar-refractivity contribution in [3.63, 3.8) is 0 Å². The van der Waals surface area contributed by atoms with Crippen LogP contribution in [0.1, 0.15) is 24.5 Å². The molecule has 2 heterocycles. The molecule has 1 aliphatic carbocycles. The Morgan fingerprint density at radius 1 is 1.10 bits per heavy atom. The van der Waals surface area contributed by atoms with E-state index in [-0.39, 0.29) is 29.6 Å². The highest BCUT2D eigenvalue weighted by molar-refractivity contribution is 7.88. The van der Waals surface area contributed by atoms with Crippen LogP contribution in [-0.4, -0.2) is 61.2 Å². The molecule has 218 valence electrons. The average Bonchev–Trinajstić information content (AvgIpc) is 3.41. The normalized spacial score (nSPS) is 15.7. The van der Waals surface area contributed by atoms with Crippen molar-refractivity contribution in [3.05, 3.63) is 80.7 Å². The summed E-state index contributed by atoms with van der Waals surface area (Å²) in [6.45, 7) is -1.48. The highest BCUT2D eigenvalue weighted by atomic mass is 35.5. The lowest BCUT2D eigenvalue weighted by Gasteiger charge is -2.16. The fourth-order valence-corrected chi connectivity index (χ4v) is 5.65. The molecule has 0 aliphatic heterocycles. The predicted octanol–water partition coefficient (Wildman–Crippen LogP) is 3.11. The van der Waals surface area contributed by atoms with Crippen LogP contribution >= 0.6 is 23.2 Å². The van der Waals surface area contributed by atoms with Crippen LogP contribution in [0.15, 0.2) is 53.3 Å². The average molecular weight is 632 g/mol. The van der Waals surface area contributed by atoms with Gasteiger partial charge < -0.3 is 5.11 Å². The number of aliphatic hydroxyl groups excluding tert-OH is 1. The van der Waals surface area contributed by atoms with E-state index in [1.807, 2.05) is 0 Å².